The molecule has 39 heavy (non-hydrogen) atoms. The van der Waals surface area contributed by atoms with Gasteiger partial charge in [0.2, 0.25) is 0 Å². The molecule has 2 N–H and O–H groups in total. The maximum atomic E-state index is 11.6. The molecule has 3 aliphatic rings. The number of likely N-dealkylation sites (N-methyl/N-ethyl adjacent to an activating group) is 1. The first-order valence-electron chi connectivity index (χ1n) is 14.5. The number of piperidine rings is 1. The summed E-state index contributed by atoms with van der Waals surface area (Å²) in [5.41, 5.74) is 3.54. The smallest absolute Gasteiger partial charge is 0.410 e. The number of hydrogen-bond donors (Lipinski definition) is 2. The summed E-state index contributed by atoms with van der Waals surface area (Å²) in [5, 5.41) is 7.58. The number of likely N-dealkylation sites (tertiary alicyclic amines) is 1. The van der Waals surface area contributed by atoms with Gasteiger partial charge in [-0.1, -0.05) is 37.6 Å². The van der Waals surface area contributed by atoms with Gasteiger partial charge >= 0.3 is 6.09 Å². The molecule has 0 radical (unpaired) electrons. The molecular weight excluding hydrogens is 508 g/mol. The van der Waals surface area contributed by atoms with E-state index in [0.29, 0.717) is 5.92 Å². The number of allylic oxidation sites excluding steroid dienone is 2. The zero-order valence-corrected chi connectivity index (χ0v) is 26.6. The van der Waals surface area contributed by atoms with E-state index in [1.165, 1.54) is 29.8 Å². The molecule has 2 saturated heterocycles. The van der Waals surface area contributed by atoms with Crippen LogP contribution in [0, 0.1) is 12.8 Å². The second-order valence-electron chi connectivity index (χ2n) is 12.5. The number of carbonyl (C=O) groups is 1. The molecule has 6 nitrogen and oxygen atoms in total. The van der Waals surface area contributed by atoms with E-state index < -0.39 is 0 Å². The zero-order chi connectivity index (χ0) is 29.2. The van der Waals surface area contributed by atoms with Gasteiger partial charge in [-0.15, -0.1) is 0 Å². The number of piperazine rings is 1. The van der Waals surface area contributed by atoms with Crippen molar-refractivity contribution in [2.24, 2.45) is 5.92 Å². The number of ether oxygens (including phenoxy) is 1. The van der Waals surface area contributed by atoms with E-state index in [4.69, 9.17) is 16.3 Å². The third-order valence-electron chi connectivity index (χ3n) is 7.99. The fraction of sp³-hybridized carbons (Fsp3) is 0.656. The van der Waals surface area contributed by atoms with Gasteiger partial charge in [0, 0.05) is 50.2 Å². The average molecular weight is 561 g/mol. The standard InChI is InChI=1S/C16H20ClN.C11H21NO2.C5H12N2/c1-11-10-14(17)7-8-15(11)13(3)16(4)12(2)6-5-9-18-16;1-9-5-7-12(8-6-9)10(13)14-11(2,3)4;1-7-4-2-6-3-5-7/h5-10,13,18H,1-4H3;9H,5-8H2,1-4H3;6H,2-5H2,1H3. The number of carbonyl (C=O) groups excluding carboxylic acids is 1. The van der Waals surface area contributed by atoms with Crippen LogP contribution in [0.15, 0.2) is 42.1 Å². The number of benzene rings is 1. The molecule has 0 bridgehead atoms. The fourth-order valence-electron chi connectivity index (χ4n) is 4.90. The lowest BCUT2D eigenvalue weighted by Gasteiger charge is -2.40. The van der Waals surface area contributed by atoms with Gasteiger partial charge in [-0.05, 0) is 108 Å². The lowest BCUT2D eigenvalue weighted by atomic mass is 9.75. The summed E-state index contributed by atoms with van der Waals surface area (Å²) in [5.74, 6) is 1.13. The molecule has 0 aromatic heterocycles. The van der Waals surface area contributed by atoms with Gasteiger partial charge < -0.3 is 25.2 Å². The van der Waals surface area contributed by atoms with Crippen molar-refractivity contribution in [3.63, 3.8) is 0 Å². The SMILES string of the molecule is CC1=CC=CNC1(C)C(C)c1ccc(Cl)cc1C.CC1CCN(C(=O)OC(C)(C)C)CC1.CN1CCNCC1. The Labute approximate surface area is 243 Å². The van der Waals surface area contributed by atoms with E-state index in [-0.39, 0.29) is 17.2 Å². The Bertz CT molecular complexity index is 973. The van der Waals surface area contributed by atoms with Gasteiger partial charge in [0.25, 0.3) is 0 Å². The molecule has 1 aromatic rings. The van der Waals surface area contributed by atoms with Crippen LogP contribution in [-0.4, -0.2) is 73.3 Å². The van der Waals surface area contributed by atoms with Crippen LogP contribution in [0.2, 0.25) is 5.02 Å². The number of dihydropyridines is 1. The maximum absolute atomic E-state index is 11.6. The van der Waals surface area contributed by atoms with Crippen LogP contribution in [0.5, 0.6) is 0 Å². The van der Waals surface area contributed by atoms with Gasteiger partial charge in [0.15, 0.2) is 0 Å². The number of hydrogen-bond acceptors (Lipinski definition) is 5. The minimum Gasteiger partial charge on any atom is -0.444 e. The van der Waals surface area contributed by atoms with Crippen LogP contribution in [0.1, 0.15) is 78.4 Å². The van der Waals surface area contributed by atoms with E-state index in [0.717, 1.165) is 50.0 Å². The molecule has 1 aromatic carbocycles. The quantitative estimate of drug-likeness (QED) is 0.419. The Morgan fingerprint density at radius 1 is 1.13 bits per heavy atom. The van der Waals surface area contributed by atoms with Crippen LogP contribution in [0.4, 0.5) is 4.79 Å². The molecule has 3 aliphatic heterocycles. The van der Waals surface area contributed by atoms with Crippen LogP contribution in [-0.2, 0) is 4.74 Å². The van der Waals surface area contributed by atoms with Crippen molar-refractivity contribution < 1.29 is 9.53 Å². The molecule has 0 aliphatic carbocycles. The molecule has 2 fully saturated rings. The summed E-state index contributed by atoms with van der Waals surface area (Å²) < 4.78 is 5.30. The fourth-order valence-corrected chi connectivity index (χ4v) is 5.12. The van der Waals surface area contributed by atoms with Gasteiger partial charge in [0.05, 0.1) is 5.54 Å². The van der Waals surface area contributed by atoms with Gasteiger partial charge in [-0.2, -0.15) is 0 Å². The Hall–Kier alpha value is -2.02. The van der Waals surface area contributed by atoms with Crippen molar-refractivity contribution >= 4 is 17.7 Å². The first kappa shape index (κ1) is 33.2. The normalized spacial score (nSPS) is 22.8. The van der Waals surface area contributed by atoms with E-state index in [2.05, 4.69) is 75.4 Å². The lowest BCUT2D eigenvalue weighted by Crippen LogP contribution is -2.46. The van der Waals surface area contributed by atoms with Crippen molar-refractivity contribution in [3.8, 4) is 0 Å². The summed E-state index contributed by atoms with van der Waals surface area (Å²) in [6, 6.07) is 6.15. The summed E-state index contributed by atoms with van der Waals surface area (Å²) in [6.07, 6.45) is 8.29. The number of halogens is 1. The minimum absolute atomic E-state index is 0.0344. The summed E-state index contributed by atoms with van der Waals surface area (Å²) in [4.78, 5) is 15.8. The first-order chi connectivity index (χ1) is 18.2. The van der Waals surface area contributed by atoms with Crippen molar-refractivity contribution in [2.75, 3.05) is 46.3 Å². The van der Waals surface area contributed by atoms with E-state index >= 15 is 0 Å². The van der Waals surface area contributed by atoms with Crippen LogP contribution in [0.25, 0.3) is 0 Å². The van der Waals surface area contributed by atoms with Gasteiger partial charge in [-0.3, -0.25) is 0 Å². The lowest BCUT2D eigenvalue weighted by molar-refractivity contribution is 0.0190. The molecule has 1 amide bonds. The topological polar surface area (TPSA) is 56.8 Å². The summed E-state index contributed by atoms with van der Waals surface area (Å²) in [7, 11) is 2.15. The highest BCUT2D eigenvalue weighted by Gasteiger charge is 2.34. The number of aryl methyl sites for hydroxylation is 1. The highest BCUT2D eigenvalue weighted by Crippen LogP contribution is 2.37. The third kappa shape index (κ3) is 10.8. The monoisotopic (exact) mass is 560 g/mol. The van der Waals surface area contributed by atoms with Crippen LogP contribution in [0.3, 0.4) is 0 Å². The number of rotatable bonds is 2. The average Bonchev–Trinajstić information content (AvgIpc) is 2.86. The van der Waals surface area contributed by atoms with Crippen molar-refractivity contribution in [1.82, 2.24) is 20.4 Å². The molecule has 2 unspecified atom stereocenters. The number of nitrogens with one attached hydrogen (secondary N) is 2. The molecular formula is C32H53ClN4O2. The van der Waals surface area contributed by atoms with Crippen molar-refractivity contribution in [3.05, 3.63) is 58.3 Å². The van der Waals surface area contributed by atoms with Crippen LogP contribution >= 0.6 is 11.6 Å². The number of nitrogens with zero attached hydrogens (tertiary/aromatic N) is 2. The maximum Gasteiger partial charge on any atom is 0.410 e. The molecule has 0 spiro atoms. The Morgan fingerprint density at radius 2 is 1.74 bits per heavy atom. The van der Waals surface area contributed by atoms with E-state index in [1.54, 1.807) is 0 Å². The summed E-state index contributed by atoms with van der Waals surface area (Å²) in [6.45, 7) is 23.2. The Balaban J connectivity index is 0.000000224. The van der Waals surface area contributed by atoms with Crippen molar-refractivity contribution in [2.45, 2.75) is 85.3 Å². The molecule has 3 heterocycles. The Morgan fingerprint density at radius 3 is 2.23 bits per heavy atom. The third-order valence-corrected chi connectivity index (χ3v) is 8.22. The second-order valence-corrected chi connectivity index (χ2v) is 12.9. The highest BCUT2D eigenvalue weighted by molar-refractivity contribution is 6.30. The molecule has 7 heteroatoms. The van der Waals surface area contributed by atoms with Crippen molar-refractivity contribution in [1.29, 1.82) is 0 Å². The molecule has 0 saturated carbocycles. The summed E-state index contributed by atoms with van der Waals surface area (Å²) >= 11 is 6.03. The zero-order valence-electron chi connectivity index (χ0n) is 25.9. The van der Waals surface area contributed by atoms with Gasteiger partial charge in [0.1, 0.15) is 5.60 Å². The van der Waals surface area contributed by atoms with E-state index in [9.17, 15) is 4.79 Å². The minimum atomic E-state index is -0.375. The van der Waals surface area contributed by atoms with E-state index in [1.807, 2.05) is 44.0 Å². The predicted molar refractivity (Wildman–Crippen MR) is 166 cm³/mol. The molecule has 2 atom stereocenters. The number of amides is 1. The molecule has 4 rings (SSSR count). The first-order valence-corrected chi connectivity index (χ1v) is 14.9. The van der Waals surface area contributed by atoms with Crippen LogP contribution < -0.4 is 10.6 Å². The molecule has 220 valence electrons. The Kier molecular flexibility index (Phi) is 12.9. The second kappa shape index (κ2) is 15.1. The van der Waals surface area contributed by atoms with Gasteiger partial charge in [-0.25, -0.2) is 4.79 Å². The predicted octanol–water partition coefficient (Wildman–Crippen LogP) is 6.75. The highest BCUT2D eigenvalue weighted by atomic mass is 35.5. The largest absolute Gasteiger partial charge is 0.444 e.